The van der Waals surface area contributed by atoms with Crippen LogP contribution < -0.4 is 9.47 Å². The number of hydrogen-bond donors (Lipinski definition) is 1. The van der Waals surface area contributed by atoms with Gasteiger partial charge in [-0.25, -0.2) is 0 Å². The number of carboxylic acids is 1. The molecular weight excluding hydrogens is 270 g/mol. The van der Waals surface area contributed by atoms with Crippen molar-refractivity contribution in [3.8, 4) is 11.5 Å². The Morgan fingerprint density at radius 1 is 1.29 bits per heavy atom. The van der Waals surface area contributed by atoms with Crippen molar-refractivity contribution < 1.29 is 19.4 Å². The standard InChI is InChI=1S/C16H23NO4/c1-3-20-14-6-8-15(9-7-14)21-11-10-17(13-4-5-13)12(2)16(18)19/h6-9,12-13H,3-5,10-11H2,1-2H3,(H,18,19). The molecule has 1 fully saturated rings. The molecule has 0 radical (unpaired) electrons. The van der Waals surface area contributed by atoms with Crippen LogP contribution in [0, 0.1) is 0 Å². The smallest absolute Gasteiger partial charge is 0.320 e. The lowest BCUT2D eigenvalue weighted by Crippen LogP contribution is -2.42. The number of rotatable bonds is 9. The SMILES string of the molecule is CCOc1ccc(OCCN(C2CC2)C(C)C(=O)O)cc1. The van der Waals surface area contributed by atoms with Crippen molar-refractivity contribution in [1.82, 2.24) is 4.90 Å². The molecule has 1 aromatic carbocycles. The van der Waals surface area contributed by atoms with Gasteiger partial charge in [-0.3, -0.25) is 9.69 Å². The molecule has 0 spiro atoms. The molecule has 5 heteroatoms. The number of benzene rings is 1. The lowest BCUT2D eigenvalue weighted by atomic mass is 10.2. The van der Waals surface area contributed by atoms with E-state index in [0.717, 1.165) is 24.3 Å². The number of aliphatic carboxylic acids is 1. The van der Waals surface area contributed by atoms with E-state index in [0.29, 0.717) is 25.8 Å². The van der Waals surface area contributed by atoms with E-state index in [1.54, 1.807) is 6.92 Å². The first-order valence-electron chi connectivity index (χ1n) is 7.46. The molecule has 1 unspecified atom stereocenters. The third-order valence-electron chi connectivity index (χ3n) is 3.62. The van der Waals surface area contributed by atoms with E-state index in [2.05, 4.69) is 0 Å². The summed E-state index contributed by atoms with van der Waals surface area (Å²) in [6.45, 7) is 5.44. The van der Waals surface area contributed by atoms with Gasteiger partial charge < -0.3 is 14.6 Å². The topological polar surface area (TPSA) is 59.0 Å². The minimum Gasteiger partial charge on any atom is -0.494 e. The lowest BCUT2D eigenvalue weighted by Gasteiger charge is -2.25. The largest absolute Gasteiger partial charge is 0.494 e. The third-order valence-corrected chi connectivity index (χ3v) is 3.62. The summed E-state index contributed by atoms with van der Waals surface area (Å²) in [5, 5.41) is 9.13. The van der Waals surface area contributed by atoms with Crippen LogP contribution in [0.5, 0.6) is 11.5 Å². The van der Waals surface area contributed by atoms with Crippen LogP contribution in [0.25, 0.3) is 0 Å². The first kappa shape index (κ1) is 15.6. The lowest BCUT2D eigenvalue weighted by molar-refractivity contribution is -0.143. The molecule has 0 heterocycles. The molecule has 0 bridgehead atoms. The molecule has 1 atom stereocenters. The maximum absolute atomic E-state index is 11.1. The average molecular weight is 293 g/mol. The second kappa shape index (κ2) is 7.31. The number of carboxylic acid groups (broad SMARTS) is 1. The Bertz CT molecular complexity index is 456. The van der Waals surface area contributed by atoms with E-state index in [1.807, 2.05) is 36.1 Å². The summed E-state index contributed by atoms with van der Waals surface area (Å²) in [4.78, 5) is 13.1. The van der Waals surface area contributed by atoms with Crippen LogP contribution in [0.15, 0.2) is 24.3 Å². The second-order valence-corrected chi connectivity index (χ2v) is 5.24. The van der Waals surface area contributed by atoms with Crippen LogP contribution in [-0.4, -0.2) is 47.8 Å². The number of ether oxygens (including phenoxy) is 2. The van der Waals surface area contributed by atoms with Crippen LogP contribution in [0.2, 0.25) is 0 Å². The summed E-state index contributed by atoms with van der Waals surface area (Å²) in [7, 11) is 0. The summed E-state index contributed by atoms with van der Waals surface area (Å²) < 4.78 is 11.1. The number of hydrogen-bond acceptors (Lipinski definition) is 4. The van der Waals surface area contributed by atoms with Gasteiger partial charge in [0.1, 0.15) is 24.1 Å². The highest BCUT2D eigenvalue weighted by molar-refractivity contribution is 5.73. The summed E-state index contributed by atoms with van der Waals surface area (Å²) in [6, 6.07) is 7.43. The molecule has 1 saturated carbocycles. The highest BCUT2D eigenvalue weighted by atomic mass is 16.5. The summed E-state index contributed by atoms with van der Waals surface area (Å²) >= 11 is 0. The summed E-state index contributed by atoms with van der Waals surface area (Å²) in [5.74, 6) is 0.823. The maximum atomic E-state index is 11.1. The minimum absolute atomic E-state index is 0.403. The van der Waals surface area contributed by atoms with E-state index in [9.17, 15) is 4.79 Å². The van der Waals surface area contributed by atoms with Gasteiger partial charge in [0.05, 0.1) is 6.61 Å². The van der Waals surface area contributed by atoms with Gasteiger partial charge in [0.25, 0.3) is 0 Å². The first-order chi connectivity index (χ1) is 10.1. The Morgan fingerprint density at radius 3 is 2.33 bits per heavy atom. The predicted molar refractivity (Wildman–Crippen MR) is 79.9 cm³/mol. The van der Waals surface area contributed by atoms with Gasteiger partial charge in [0.2, 0.25) is 0 Å². The van der Waals surface area contributed by atoms with Gasteiger partial charge in [0.15, 0.2) is 0 Å². The average Bonchev–Trinajstić information content (AvgIpc) is 3.29. The van der Waals surface area contributed by atoms with E-state index < -0.39 is 12.0 Å². The molecule has 116 valence electrons. The molecule has 1 aliphatic carbocycles. The maximum Gasteiger partial charge on any atom is 0.320 e. The van der Waals surface area contributed by atoms with Crippen LogP contribution >= 0.6 is 0 Å². The second-order valence-electron chi connectivity index (χ2n) is 5.24. The van der Waals surface area contributed by atoms with E-state index in [1.165, 1.54) is 0 Å². The Balaban J connectivity index is 1.80. The molecule has 1 aromatic rings. The van der Waals surface area contributed by atoms with Crippen molar-refractivity contribution in [2.45, 2.75) is 38.8 Å². The van der Waals surface area contributed by atoms with Gasteiger partial charge in [-0.1, -0.05) is 0 Å². The van der Waals surface area contributed by atoms with Crippen molar-refractivity contribution in [3.63, 3.8) is 0 Å². The van der Waals surface area contributed by atoms with Crippen LogP contribution in [-0.2, 0) is 4.79 Å². The fourth-order valence-corrected chi connectivity index (χ4v) is 2.31. The van der Waals surface area contributed by atoms with Crippen molar-refractivity contribution in [3.05, 3.63) is 24.3 Å². The van der Waals surface area contributed by atoms with Crippen LogP contribution in [0.4, 0.5) is 0 Å². The monoisotopic (exact) mass is 293 g/mol. The van der Waals surface area contributed by atoms with Crippen molar-refractivity contribution in [1.29, 1.82) is 0 Å². The van der Waals surface area contributed by atoms with Crippen molar-refractivity contribution in [2.75, 3.05) is 19.8 Å². The van der Waals surface area contributed by atoms with E-state index in [4.69, 9.17) is 14.6 Å². The zero-order chi connectivity index (χ0) is 15.2. The van der Waals surface area contributed by atoms with Gasteiger partial charge in [0, 0.05) is 12.6 Å². The number of nitrogens with zero attached hydrogens (tertiary/aromatic N) is 1. The molecule has 1 aliphatic rings. The molecule has 21 heavy (non-hydrogen) atoms. The molecule has 0 aliphatic heterocycles. The molecule has 0 aromatic heterocycles. The van der Waals surface area contributed by atoms with Gasteiger partial charge >= 0.3 is 5.97 Å². The van der Waals surface area contributed by atoms with Crippen molar-refractivity contribution >= 4 is 5.97 Å². The van der Waals surface area contributed by atoms with E-state index in [-0.39, 0.29) is 0 Å². The van der Waals surface area contributed by atoms with Crippen molar-refractivity contribution in [2.24, 2.45) is 0 Å². The fourth-order valence-electron chi connectivity index (χ4n) is 2.31. The zero-order valence-corrected chi connectivity index (χ0v) is 12.6. The Labute approximate surface area is 125 Å². The number of carbonyl (C=O) groups is 1. The quantitative estimate of drug-likeness (QED) is 0.757. The molecule has 5 nitrogen and oxygen atoms in total. The fraction of sp³-hybridized carbons (Fsp3) is 0.562. The summed E-state index contributed by atoms with van der Waals surface area (Å²) in [6.07, 6.45) is 2.17. The van der Waals surface area contributed by atoms with Gasteiger partial charge in [-0.05, 0) is 51.0 Å². The Hall–Kier alpha value is -1.75. The highest BCUT2D eigenvalue weighted by Crippen LogP contribution is 2.28. The summed E-state index contributed by atoms with van der Waals surface area (Å²) in [5.41, 5.74) is 0. The Kier molecular flexibility index (Phi) is 5.44. The predicted octanol–water partition coefficient (Wildman–Crippen LogP) is 2.40. The van der Waals surface area contributed by atoms with E-state index >= 15 is 0 Å². The molecule has 1 N–H and O–H groups in total. The molecule has 2 rings (SSSR count). The first-order valence-corrected chi connectivity index (χ1v) is 7.46. The third kappa shape index (κ3) is 4.63. The molecule has 0 saturated heterocycles. The van der Waals surface area contributed by atoms with Crippen LogP contribution in [0.1, 0.15) is 26.7 Å². The zero-order valence-electron chi connectivity index (χ0n) is 12.6. The van der Waals surface area contributed by atoms with Gasteiger partial charge in [-0.15, -0.1) is 0 Å². The van der Waals surface area contributed by atoms with Gasteiger partial charge in [-0.2, -0.15) is 0 Å². The normalized spacial score (nSPS) is 15.8. The minimum atomic E-state index is -0.775. The molecular formula is C16H23NO4. The molecule has 0 amide bonds. The van der Waals surface area contributed by atoms with Crippen LogP contribution in [0.3, 0.4) is 0 Å². The highest BCUT2D eigenvalue weighted by Gasteiger charge is 2.34. The Morgan fingerprint density at radius 2 is 1.86 bits per heavy atom.